The Morgan fingerprint density at radius 2 is 2.00 bits per heavy atom. The number of benzene rings is 1. The monoisotopic (exact) mass is 432 g/mol. The molecule has 0 bridgehead atoms. The van der Waals surface area contributed by atoms with Gasteiger partial charge in [-0.2, -0.15) is 5.26 Å². The van der Waals surface area contributed by atoms with Crippen molar-refractivity contribution in [1.82, 2.24) is 10.0 Å². The number of carbonyl (C=O) groups excluding carboxylic acids is 2. The molecule has 0 saturated heterocycles. The fourth-order valence-corrected chi connectivity index (χ4v) is 2.96. The van der Waals surface area contributed by atoms with E-state index < -0.39 is 12.0 Å². The minimum absolute atomic E-state index is 0.162. The van der Waals surface area contributed by atoms with Crippen molar-refractivity contribution in [3.8, 4) is 6.07 Å². The first-order valence-corrected chi connectivity index (χ1v) is 7.74. The van der Waals surface area contributed by atoms with Gasteiger partial charge in [0.25, 0.3) is 5.91 Å². The SMILES string of the molecule is CCN(C(=O)OC)N(CC#N)C(=O)c1cc(Br)cc(Br)c1N. The minimum atomic E-state index is -0.737. The van der Waals surface area contributed by atoms with Crippen LogP contribution in [0.1, 0.15) is 17.3 Å². The molecule has 0 heterocycles. The summed E-state index contributed by atoms with van der Waals surface area (Å²) in [4.78, 5) is 24.4. The highest BCUT2D eigenvalue weighted by Crippen LogP contribution is 2.29. The molecule has 1 rings (SSSR count). The van der Waals surface area contributed by atoms with Crippen LogP contribution in [-0.4, -0.2) is 42.2 Å². The third-order valence-electron chi connectivity index (χ3n) is 2.76. The molecule has 0 aliphatic heterocycles. The van der Waals surface area contributed by atoms with Crippen molar-refractivity contribution >= 4 is 49.5 Å². The van der Waals surface area contributed by atoms with Gasteiger partial charge >= 0.3 is 6.09 Å². The molecule has 0 fully saturated rings. The molecule has 0 radical (unpaired) electrons. The Morgan fingerprint density at radius 3 is 2.50 bits per heavy atom. The van der Waals surface area contributed by atoms with Crippen molar-refractivity contribution in [1.29, 1.82) is 5.26 Å². The number of hydrazine groups is 1. The van der Waals surface area contributed by atoms with Crippen LogP contribution in [0, 0.1) is 11.3 Å². The van der Waals surface area contributed by atoms with E-state index >= 15 is 0 Å². The normalized spacial score (nSPS) is 9.77. The van der Waals surface area contributed by atoms with Crippen molar-refractivity contribution in [2.45, 2.75) is 6.92 Å². The van der Waals surface area contributed by atoms with E-state index in [9.17, 15) is 9.59 Å². The Hall–Kier alpha value is -1.79. The van der Waals surface area contributed by atoms with Gasteiger partial charge in [-0.3, -0.25) is 4.79 Å². The summed E-state index contributed by atoms with van der Waals surface area (Å²) in [5.41, 5.74) is 6.29. The van der Waals surface area contributed by atoms with Gasteiger partial charge in [0, 0.05) is 15.5 Å². The van der Waals surface area contributed by atoms with Crippen LogP contribution in [0.15, 0.2) is 21.1 Å². The highest BCUT2D eigenvalue weighted by molar-refractivity contribution is 9.11. The molecular formula is C13H14Br2N4O3. The van der Waals surface area contributed by atoms with E-state index in [1.165, 1.54) is 13.2 Å². The molecule has 0 atom stereocenters. The molecule has 0 aromatic heterocycles. The zero-order valence-electron chi connectivity index (χ0n) is 12.0. The molecule has 1 aromatic carbocycles. The predicted octanol–water partition coefficient (Wildman–Crippen LogP) is 2.76. The van der Waals surface area contributed by atoms with Crippen LogP contribution in [0.3, 0.4) is 0 Å². The molecule has 0 spiro atoms. The molecule has 0 unspecified atom stereocenters. The van der Waals surface area contributed by atoms with Crippen molar-refractivity contribution in [3.63, 3.8) is 0 Å². The fourth-order valence-electron chi connectivity index (χ4n) is 1.74. The van der Waals surface area contributed by atoms with Crippen LogP contribution in [-0.2, 0) is 4.74 Å². The maximum atomic E-state index is 12.7. The zero-order chi connectivity index (χ0) is 16.9. The lowest BCUT2D eigenvalue weighted by Gasteiger charge is -2.31. The Balaban J connectivity index is 3.30. The molecule has 9 heteroatoms. The largest absolute Gasteiger partial charge is 0.452 e. The quantitative estimate of drug-likeness (QED) is 0.448. The second-order valence-electron chi connectivity index (χ2n) is 4.06. The van der Waals surface area contributed by atoms with Crippen LogP contribution >= 0.6 is 31.9 Å². The summed E-state index contributed by atoms with van der Waals surface area (Å²) < 4.78 is 5.79. The van der Waals surface area contributed by atoms with E-state index in [1.54, 1.807) is 13.0 Å². The van der Waals surface area contributed by atoms with E-state index in [4.69, 9.17) is 11.0 Å². The van der Waals surface area contributed by atoms with Crippen molar-refractivity contribution in [2.24, 2.45) is 0 Å². The molecule has 22 heavy (non-hydrogen) atoms. The molecule has 1 aromatic rings. The van der Waals surface area contributed by atoms with Crippen LogP contribution in [0.25, 0.3) is 0 Å². The molecule has 2 N–H and O–H groups in total. The van der Waals surface area contributed by atoms with E-state index in [0.717, 1.165) is 10.0 Å². The van der Waals surface area contributed by atoms with Gasteiger partial charge in [-0.15, -0.1) is 0 Å². The topological polar surface area (TPSA) is 99.7 Å². The number of rotatable bonds is 3. The number of methoxy groups -OCH3 is 1. The molecule has 7 nitrogen and oxygen atoms in total. The summed E-state index contributed by atoms with van der Waals surface area (Å²) in [7, 11) is 1.20. The zero-order valence-corrected chi connectivity index (χ0v) is 15.1. The second-order valence-corrected chi connectivity index (χ2v) is 5.83. The van der Waals surface area contributed by atoms with Gasteiger partial charge in [0.2, 0.25) is 0 Å². The Morgan fingerprint density at radius 1 is 1.36 bits per heavy atom. The number of ether oxygens (including phenoxy) is 1. The number of nitriles is 1. The molecule has 0 saturated carbocycles. The smallest absolute Gasteiger partial charge is 0.428 e. The predicted molar refractivity (Wildman–Crippen MR) is 87.7 cm³/mol. The lowest BCUT2D eigenvalue weighted by atomic mass is 10.1. The maximum absolute atomic E-state index is 12.7. The van der Waals surface area contributed by atoms with E-state index in [-0.39, 0.29) is 24.3 Å². The molecule has 118 valence electrons. The van der Waals surface area contributed by atoms with Crippen molar-refractivity contribution < 1.29 is 14.3 Å². The van der Waals surface area contributed by atoms with Crippen LogP contribution in [0.4, 0.5) is 10.5 Å². The van der Waals surface area contributed by atoms with Gasteiger partial charge in [0.15, 0.2) is 0 Å². The lowest BCUT2D eigenvalue weighted by molar-refractivity contribution is 0.00228. The summed E-state index contributed by atoms with van der Waals surface area (Å²) in [5.74, 6) is -0.576. The van der Waals surface area contributed by atoms with Gasteiger partial charge in [-0.1, -0.05) is 15.9 Å². The standard InChI is InChI=1S/C13H14Br2N4O3/c1-3-18(13(21)22-2)19(5-4-16)12(20)9-6-8(14)7-10(15)11(9)17/h6-7H,3,5,17H2,1-2H3. The molecule has 0 aliphatic carbocycles. The summed E-state index contributed by atoms with van der Waals surface area (Å²) in [6, 6.07) is 5.07. The number of halogens is 2. The Labute approximate surface area is 144 Å². The van der Waals surface area contributed by atoms with Crippen LogP contribution in [0.2, 0.25) is 0 Å². The highest BCUT2D eigenvalue weighted by Gasteiger charge is 2.28. The number of nitrogen functional groups attached to an aromatic ring is 1. The van der Waals surface area contributed by atoms with Gasteiger partial charge < -0.3 is 10.5 Å². The number of anilines is 1. The summed E-state index contributed by atoms with van der Waals surface area (Å²) in [5, 5.41) is 11.0. The average molecular weight is 434 g/mol. The number of carbonyl (C=O) groups is 2. The number of hydrogen-bond donors (Lipinski definition) is 1. The lowest BCUT2D eigenvalue weighted by Crippen LogP contribution is -2.50. The number of amides is 2. The Kier molecular flexibility index (Phi) is 6.64. The highest BCUT2D eigenvalue weighted by atomic mass is 79.9. The second kappa shape index (κ2) is 8.00. The van der Waals surface area contributed by atoms with E-state index in [2.05, 4.69) is 36.6 Å². The maximum Gasteiger partial charge on any atom is 0.428 e. The molecule has 2 amide bonds. The number of nitrogens with two attached hydrogens (primary N) is 1. The summed E-state index contributed by atoms with van der Waals surface area (Å²) in [6.45, 7) is 1.51. The van der Waals surface area contributed by atoms with Gasteiger partial charge in [-0.25, -0.2) is 14.8 Å². The molecular weight excluding hydrogens is 420 g/mol. The third-order valence-corrected chi connectivity index (χ3v) is 3.87. The molecule has 0 aliphatic rings. The third kappa shape index (κ3) is 3.90. The van der Waals surface area contributed by atoms with Crippen LogP contribution in [0.5, 0.6) is 0 Å². The minimum Gasteiger partial charge on any atom is -0.452 e. The van der Waals surface area contributed by atoms with E-state index in [0.29, 0.717) is 8.95 Å². The van der Waals surface area contributed by atoms with Crippen molar-refractivity contribution in [2.75, 3.05) is 25.9 Å². The number of hydrogen-bond acceptors (Lipinski definition) is 5. The first-order chi connectivity index (χ1) is 10.4. The van der Waals surface area contributed by atoms with Crippen molar-refractivity contribution in [3.05, 3.63) is 26.6 Å². The van der Waals surface area contributed by atoms with E-state index in [1.807, 2.05) is 6.07 Å². The summed E-state index contributed by atoms with van der Waals surface area (Å²) in [6.07, 6.45) is -0.737. The van der Waals surface area contributed by atoms with Gasteiger partial charge in [0.1, 0.15) is 6.54 Å². The fraction of sp³-hybridized carbons (Fsp3) is 0.308. The first-order valence-electron chi connectivity index (χ1n) is 6.16. The van der Waals surface area contributed by atoms with Crippen LogP contribution < -0.4 is 5.73 Å². The van der Waals surface area contributed by atoms with Gasteiger partial charge in [-0.05, 0) is 35.0 Å². The Bertz CT molecular complexity index is 630. The summed E-state index contributed by atoms with van der Waals surface area (Å²) >= 11 is 6.53. The van der Waals surface area contributed by atoms with Gasteiger partial charge in [0.05, 0.1) is 24.4 Å². The first kappa shape index (κ1) is 18.3. The average Bonchev–Trinajstić information content (AvgIpc) is 2.49. The number of nitrogens with zero attached hydrogens (tertiary/aromatic N) is 3.